The lowest BCUT2D eigenvalue weighted by Gasteiger charge is -2.17. The lowest BCUT2D eigenvalue weighted by Crippen LogP contribution is -2.45. The lowest BCUT2D eigenvalue weighted by atomic mass is 10.1. The molecule has 2 aromatic carbocycles. The molecule has 1 aliphatic rings. The number of nitrogens with zero attached hydrogens (tertiary/aromatic N) is 5. The second kappa shape index (κ2) is 5.95. The van der Waals surface area contributed by atoms with Gasteiger partial charge in [0.15, 0.2) is 0 Å². The highest BCUT2D eigenvalue weighted by Gasteiger charge is 2.29. The van der Waals surface area contributed by atoms with Crippen molar-refractivity contribution in [2.75, 3.05) is 0 Å². The summed E-state index contributed by atoms with van der Waals surface area (Å²) in [4.78, 5) is 22.6. The van der Waals surface area contributed by atoms with Crippen LogP contribution < -0.4 is 10.4 Å². The first-order chi connectivity index (χ1) is 13.5. The van der Waals surface area contributed by atoms with Crippen LogP contribution in [-0.2, 0) is 13.7 Å². The maximum absolute atomic E-state index is 12.1. The maximum Gasteiger partial charge on any atom is 0.365 e. The molecule has 0 fully saturated rings. The summed E-state index contributed by atoms with van der Waals surface area (Å²) in [5.41, 5.74) is 5.79. The number of ether oxygens (including phenoxy) is 1. The van der Waals surface area contributed by atoms with E-state index in [1.807, 2.05) is 55.0 Å². The van der Waals surface area contributed by atoms with Gasteiger partial charge in [0.2, 0.25) is 0 Å². The molecule has 2 aromatic heterocycles. The van der Waals surface area contributed by atoms with Crippen LogP contribution in [0, 0.1) is 13.8 Å². The highest BCUT2D eigenvalue weighted by atomic mass is 16.5. The first kappa shape index (κ1) is 16.6. The lowest BCUT2D eigenvalue weighted by molar-refractivity contribution is 0.305. The predicted molar refractivity (Wildman–Crippen MR) is 105 cm³/mol. The monoisotopic (exact) mass is 373 g/mol. The quantitative estimate of drug-likeness (QED) is 0.486. The molecule has 0 atom stereocenters. The van der Waals surface area contributed by atoms with Crippen LogP contribution in [0.1, 0.15) is 17.0 Å². The van der Waals surface area contributed by atoms with Crippen LogP contribution in [0.5, 0.6) is 5.75 Å². The van der Waals surface area contributed by atoms with Crippen molar-refractivity contribution >= 4 is 0 Å². The van der Waals surface area contributed by atoms with Crippen LogP contribution in [0.25, 0.3) is 22.6 Å². The van der Waals surface area contributed by atoms with Gasteiger partial charge in [-0.05, 0) is 55.8 Å². The molecule has 0 unspecified atom stereocenters. The molecule has 2 bridgehead atoms. The molecule has 3 heterocycles. The van der Waals surface area contributed by atoms with Crippen molar-refractivity contribution in [1.29, 1.82) is 0 Å². The van der Waals surface area contributed by atoms with Gasteiger partial charge in [0.1, 0.15) is 18.2 Å². The molecule has 4 aromatic rings. The van der Waals surface area contributed by atoms with E-state index in [0.717, 1.165) is 45.3 Å². The SMILES string of the molecule is Cc1nccc(-c2ccc(OCc3c4cccc3-n3n(C)c(=O)n3-4)c(C)c2)n1. The summed E-state index contributed by atoms with van der Waals surface area (Å²) in [6.07, 6.45) is 1.77. The first-order valence-electron chi connectivity index (χ1n) is 9.08. The molecule has 0 spiro atoms. The van der Waals surface area contributed by atoms with Crippen LogP contribution >= 0.6 is 0 Å². The minimum absolute atomic E-state index is 0.0388. The molecule has 0 saturated carbocycles. The fourth-order valence-electron chi connectivity index (χ4n) is 3.70. The number of hydrogen-bond donors (Lipinski definition) is 0. The minimum atomic E-state index is -0.0388. The van der Waals surface area contributed by atoms with E-state index in [2.05, 4.69) is 16.0 Å². The number of aromatic nitrogens is 5. The Morgan fingerprint density at radius 1 is 1.07 bits per heavy atom. The molecule has 5 rings (SSSR count). The fourth-order valence-corrected chi connectivity index (χ4v) is 3.70. The Bertz CT molecular complexity index is 1280. The van der Waals surface area contributed by atoms with Crippen molar-refractivity contribution in [3.8, 4) is 28.4 Å². The van der Waals surface area contributed by atoms with E-state index in [9.17, 15) is 4.79 Å². The standard InChI is InChI=1S/C21H19N5O2/c1-13-11-15(17-9-10-22-14(2)23-17)7-8-20(13)28-12-16-18-5-4-6-19(16)26-24(3)21(27)25(18)26/h4-11H,12H2,1-3H3. The van der Waals surface area contributed by atoms with E-state index in [0.29, 0.717) is 6.61 Å². The fraction of sp³-hybridized carbons (Fsp3) is 0.190. The zero-order valence-electron chi connectivity index (χ0n) is 15.9. The Hall–Kier alpha value is -3.61. The molecule has 0 aliphatic carbocycles. The van der Waals surface area contributed by atoms with Crippen molar-refractivity contribution in [3.05, 3.63) is 76.1 Å². The van der Waals surface area contributed by atoms with E-state index in [-0.39, 0.29) is 5.69 Å². The maximum atomic E-state index is 12.1. The third-order valence-corrected chi connectivity index (χ3v) is 5.12. The van der Waals surface area contributed by atoms with E-state index < -0.39 is 0 Å². The molecule has 0 amide bonds. The largest absolute Gasteiger partial charge is 0.488 e. The van der Waals surface area contributed by atoms with Crippen molar-refractivity contribution < 1.29 is 4.74 Å². The summed E-state index contributed by atoms with van der Waals surface area (Å²) in [5, 5.41) is 0. The normalized spacial score (nSPS) is 11.7. The third kappa shape index (κ3) is 2.32. The average molecular weight is 373 g/mol. The van der Waals surface area contributed by atoms with E-state index >= 15 is 0 Å². The molecule has 0 radical (unpaired) electrons. The summed E-state index contributed by atoms with van der Waals surface area (Å²) >= 11 is 0. The van der Waals surface area contributed by atoms with Crippen LogP contribution in [0.3, 0.4) is 0 Å². The van der Waals surface area contributed by atoms with Gasteiger partial charge in [-0.1, -0.05) is 6.07 Å². The molecule has 7 heteroatoms. The summed E-state index contributed by atoms with van der Waals surface area (Å²) in [6, 6.07) is 13.8. The molecule has 7 nitrogen and oxygen atoms in total. The van der Waals surface area contributed by atoms with Crippen LogP contribution in [-0.4, -0.2) is 24.1 Å². The Balaban J connectivity index is 1.42. The van der Waals surface area contributed by atoms with Gasteiger partial charge in [-0.2, -0.15) is 9.48 Å². The summed E-state index contributed by atoms with van der Waals surface area (Å²) in [5.74, 6) is 1.56. The topological polar surface area (TPSA) is 66.9 Å². The first-order valence-corrected chi connectivity index (χ1v) is 9.08. The van der Waals surface area contributed by atoms with Gasteiger partial charge in [0.05, 0.1) is 17.1 Å². The van der Waals surface area contributed by atoms with Crippen molar-refractivity contribution in [2.45, 2.75) is 20.5 Å². The highest BCUT2D eigenvalue weighted by Crippen LogP contribution is 2.31. The Morgan fingerprint density at radius 3 is 2.68 bits per heavy atom. The number of benzene rings is 2. The molecule has 0 N–H and O–H groups in total. The van der Waals surface area contributed by atoms with Crippen molar-refractivity contribution in [3.63, 3.8) is 0 Å². The van der Waals surface area contributed by atoms with Gasteiger partial charge < -0.3 is 4.74 Å². The second-order valence-electron chi connectivity index (χ2n) is 6.94. The number of rotatable bonds is 4. The number of fused-ring (bicyclic) bond motifs is 5. The van der Waals surface area contributed by atoms with Gasteiger partial charge in [0.25, 0.3) is 0 Å². The van der Waals surface area contributed by atoms with E-state index in [1.165, 1.54) is 0 Å². The molecular weight excluding hydrogens is 354 g/mol. The van der Waals surface area contributed by atoms with Gasteiger partial charge in [-0.25, -0.2) is 19.4 Å². The van der Waals surface area contributed by atoms with Crippen LogP contribution in [0.4, 0.5) is 0 Å². The summed E-state index contributed by atoms with van der Waals surface area (Å²) in [7, 11) is 1.76. The second-order valence-corrected chi connectivity index (χ2v) is 6.94. The highest BCUT2D eigenvalue weighted by molar-refractivity contribution is 5.62. The third-order valence-electron chi connectivity index (χ3n) is 5.12. The van der Waals surface area contributed by atoms with Gasteiger partial charge in [0, 0.05) is 24.4 Å². The van der Waals surface area contributed by atoms with E-state index in [4.69, 9.17) is 4.74 Å². The van der Waals surface area contributed by atoms with Crippen molar-refractivity contribution in [2.24, 2.45) is 7.05 Å². The molecule has 140 valence electrons. The summed E-state index contributed by atoms with van der Waals surface area (Å²) in [6.45, 7) is 4.30. The Labute approximate surface area is 161 Å². The molecule has 1 aliphatic heterocycles. The smallest absolute Gasteiger partial charge is 0.365 e. The molecule has 28 heavy (non-hydrogen) atoms. The average Bonchev–Trinajstić information content (AvgIpc) is 2.85. The summed E-state index contributed by atoms with van der Waals surface area (Å²) < 4.78 is 9.38. The zero-order chi connectivity index (χ0) is 19.4. The number of hydrogen-bond acceptors (Lipinski definition) is 4. The van der Waals surface area contributed by atoms with Crippen molar-refractivity contribution in [1.82, 2.24) is 24.1 Å². The van der Waals surface area contributed by atoms with Gasteiger partial charge >= 0.3 is 5.69 Å². The van der Waals surface area contributed by atoms with Crippen LogP contribution in [0.15, 0.2) is 53.5 Å². The van der Waals surface area contributed by atoms with Gasteiger partial charge in [-0.15, -0.1) is 0 Å². The van der Waals surface area contributed by atoms with Crippen LogP contribution in [0.2, 0.25) is 0 Å². The predicted octanol–water partition coefficient (Wildman–Crippen LogP) is 2.93. The molecule has 0 saturated heterocycles. The zero-order valence-corrected chi connectivity index (χ0v) is 15.9. The molecular formula is C21H19N5O2. The van der Waals surface area contributed by atoms with Gasteiger partial charge in [-0.3, -0.25) is 0 Å². The minimum Gasteiger partial charge on any atom is -0.488 e. The Kier molecular flexibility index (Phi) is 3.52. The number of aryl methyl sites for hydroxylation is 2. The Morgan fingerprint density at radius 2 is 1.89 bits per heavy atom. The van der Waals surface area contributed by atoms with E-state index in [1.54, 1.807) is 22.6 Å².